The van der Waals surface area contributed by atoms with E-state index in [2.05, 4.69) is 41.7 Å². The Morgan fingerprint density at radius 1 is 0.515 bits per heavy atom. The topological polar surface area (TPSA) is 218 Å². The summed E-state index contributed by atoms with van der Waals surface area (Å²) in [6, 6.07) is 21.6. The molecule has 16 nitrogen and oxygen atoms in total. The van der Waals surface area contributed by atoms with Crippen LogP contribution < -0.4 is 30.7 Å². The molecule has 0 radical (unpaired) electrons. The molecule has 0 saturated carbocycles. The maximum Gasteiger partial charge on any atom is 0.258 e. The van der Waals surface area contributed by atoms with Crippen LogP contribution in [0.25, 0.3) is 0 Å². The van der Waals surface area contributed by atoms with Crippen LogP contribution in [-0.4, -0.2) is 61.5 Å². The number of halogens is 4. The van der Waals surface area contributed by atoms with Crippen LogP contribution in [0.15, 0.2) is 118 Å². The van der Waals surface area contributed by atoms with Gasteiger partial charge in [0, 0.05) is 44.7 Å². The van der Waals surface area contributed by atoms with E-state index in [1.807, 2.05) is 13.8 Å². The summed E-state index contributed by atoms with van der Waals surface area (Å²) in [5.74, 6) is -4.16. The zero-order chi connectivity index (χ0) is 48.2. The van der Waals surface area contributed by atoms with E-state index < -0.39 is 47.3 Å². The van der Waals surface area contributed by atoms with Crippen molar-refractivity contribution in [3.63, 3.8) is 0 Å². The van der Waals surface area contributed by atoms with E-state index in [1.54, 1.807) is 48.5 Å². The number of azo groups is 2. The fraction of sp³-hybridized carbons (Fsp3) is 0.217. The highest BCUT2D eigenvalue weighted by Crippen LogP contribution is 2.37. The van der Waals surface area contributed by atoms with Crippen LogP contribution >= 0.6 is 46.4 Å². The number of ketones is 2. The number of hydrogen-bond acceptors (Lipinski definition) is 12. The highest BCUT2D eigenvalue weighted by Gasteiger charge is 2.28. The molecule has 20 heteroatoms. The molecule has 0 aliphatic heterocycles. The summed E-state index contributed by atoms with van der Waals surface area (Å²) >= 11 is 24.8. The molecular formula is C46H42Cl4N8O8. The van der Waals surface area contributed by atoms with Gasteiger partial charge in [0.2, 0.25) is 12.1 Å². The van der Waals surface area contributed by atoms with Crippen molar-refractivity contribution in [1.82, 2.24) is 0 Å². The first-order valence-electron chi connectivity index (χ1n) is 19.8. The van der Waals surface area contributed by atoms with Gasteiger partial charge in [0.05, 0.1) is 47.7 Å². The maximum atomic E-state index is 13.5. The lowest BCUT2D eigenvalue weighted by Gasteiger charge is -2.18. The number of carbonyl (C=O) groups is 6. The summed E-state index contributed by atoms with van der Waals surface area (Å²) in [4.78, 5) is 78.6. The summed E-state index contributed by atoms with van der Waals surface area (Å²) < 4.78 is 10.9. The zero-order valence-electron chi connectivity index (χ0n) is 36.1. The number of hydrogen-bond donors (Lipinski definition) is 4. The Morgan fingerprint density at radius 3 is 1.17 bits per heavy atom. The molecule has 4 atom stereocenters. The molecule has 66 heavy (non-hydrogen) atoms. The molecule has 0 fully saturated rings. The molecule has 5 aromatic rings. The molecule has 0 aliphatic rings. The van der Waals surface area contributed by atoms with Crippen LogP contribution in [-0.2, 0) is 19.2 Å². The van der Waals surface area contributed by atoms with Gasteiger partial charge in [0.25, 0.3) is 23.6 Å². The molecule has 0 aromatic heterocycles. The van der Waals surface area contributed by atoms with Crippen molar-refractivity contribution in [2.75, 3.05) is 35.5 Å². The number of ether oxygens (including phenoxy) is 2. The number of nitrogens with zero attached hydrogens (tertiary/aromatic N) is 4. The lowest BCUT2D eigenvalue weighted by molar-refractivity contribution is -0.127. The minimum absolute atomic E-state index is 0.00581. The number of Topliss-reactive ketones (excluding diaryl/α,β-unsaturated/α-hetero) is 2. The number of methoxy groups -OCH3 is 2. The molecule has 4 N–H and O–H groups in total. The number of anilines is 4. The van der Waals surface area contributed by atoms with Crippen molar-refractivity contribution in [2.45, 2.75) is 50.5 Å². The van der Waals surface area contributed by atoms with Crippen molar-refractivity contribution in [1.29, 1.82) is 0 Å². The lowest BCUT2D eigenvalue weighted by Crippen LogP contribution is -2.32. The Balaban J connectivity index is 1.29. The number of amides is 4. The second-order valence-corrected chi connectivity index (χ2v) is 16.7. The minimum Gasteiger partial charge on any atom is -0.494 e. The summed E-state index contributed by atoms with van der Waals surface area (Å²) in [5, 5.41) is 26.6. The molecule has 0 bridgehead atoms. The third-order valence-corrected chi connectivity index (χ3v) is 10.4. The molecular weight excluding hydrogens is 934 g/mol. The van der Waals surface area contributed by atoms with E-state index in [0.717, 1.165) is 25.0 Å². The fourth-order valence-corrected chi connectivity index (χ4v) is 6.73. The molecule has 0 aliphatic carbocycles. The van der Waals surface area contributed by atoms with Crippen molar-refractivity contribution in [2.24, 2.45) is 20.5 Å². The van der Waals surface area contributed by atoms with Crippen molar-refractivity contribution >= 4 is 116 Å². The number of alkyl halides is 2. The number of carbonyl (C=O) groups excluding carboxylic acids is 6. The zero-order valence-corrected chi connectivity index (χ0v) is 39.1. The highest BCUT2D eigenvalue weighted by atomic mass is 35.5. The largest absolute Gasteiger partial charge is 0.494 e. The van der Waals surface area contributed by atoms with E-state index in [4.69, 9.17) is 55.9 Å². The Labute approximate surface area is 399 Å². The summed E-state index contributed by atoms with van der Waals surface area (Å²) in [7, 11) is 2.58. The normalized spacial score (nSPS) is 13.0. The highest BCUT2D eigenvalue weighted by molar-refractivity contribution is 6.32. The van der Waals surface area contributed by atoms with Gasteiger partial charge >= 0.3 is 0 Å². The Bertz CT molecular complexity index is 2530. The van der Waals surface area contributed by atoms with Crippen LogP contribution in [0.3, 0.4) is 0 Å². The fourth-order valence-electron chi connectivity index (χ4n) is 5.98. The van der Waals surface area contributed by atoms with E-state index in [-0.39, 0.29) is 66.2 Å². The second kappa shape index (κ2) is 22.9. The van der Waals surface area contributed by atoms with Crippen LogP contribution in [0.5, 0.6) is 11.5 Å². The molecule has 0 saturated heterocycles. The second-order valence-electron chi connectivity index (χ2n) is 14.5. The Morgan fingerprint density at radius 2 is 0.864 bits per heavy atom. The Kier molecular flexibility index (Phi) is 17.5. The van der Waals surface area contributed by atoms with Crippen molar-refractivity contribution in [3.8, 4) is 11.5 Å². The van der Waals surface area contributed by atoms with Gasteiger partial charge < -0.3 is 30.7 Å². The first-order valence-corrected chi connectivity index (χ1v) is 21.4. The van der Waals surface area contributed by atoms with Gasteiger partial charge in [-0.2, -0.15) is 20.5 Å². The quantitative estimate of drug-likeness (QED) is 0.0375. The monoisotopic (exact) mass is 974 g/mol. The Hall–Kier alpha value is -6.72. The molecule has 0 spiro atoms. The van der Waals surface area contributed by atoms with Gasteiger partial charge in [0.1, 0.15) is 11.5 Å². The van der Waals surface area contributed by atoms with Gasteiger partial charge in [-0.25, -0.2) is 0 Å². The predicted octanol–water partition coefficient (Wildman–Crippen LogP) is 11.5. The average Bonchev–Trinajstić information content (AvgIpc) is 3.26. The van der Waals surface area contributed by atoms with Gasteiger partial charge in [-0.1, -0.05) is 47.5 Å². The van der Waals surface area contributed by atoms with E-state index in [9.17, 15) is 28.8 Å². The number of nitrogens with one attached hydrogen (secondary N) is 4. The standard InChI is InChI=1S/C46H42Cl4N8O8/c1-23(47)27-7-11-33(12-8-27)51-43(61)29-15-31(49)19-35(17-29)55-57-41(25(3)59)45(63)53-37-21-40(66-6)38(22-39(37)65-5)54-46(64)42(26(4)60)58-56-36-18-30(16-32(50)20-36)44(62)52-34-13-9-28(10-14-34)24(2)48/h7-24,41-42H,1-6H3,(H,51,61)(H,52,62)(H,53,63)(H,54,64). The molecule has 342 valence electrons. The molecule has 5 aromatic carbocycles. The molecule has 4 amide bonds. The third kappa shape index (κ3) is 13.7. The van der Waals surface area contributed by atoms with Gasteiger partial charge in [-0.3, -0.25) is 28.8 Å². The van der Waals surface area contributed by atoms with Crippen LogP contribution in [0.2, 0.25) is 10.0 Å². The third-order valence-electron chi connectivity index (χ3n) is 9.43. The molecule has 5 rings (SSSR count). The summed E-state index contributed by atoms with van der Waals surface area (Å²) in [5.41, 5.74) is 3.24. The van der Waals surface area contributed by atoms with Crippen LogP contribution in [0, 0.1) is 0 Å². The smallest absolute Gasteiger partial charge is 0.258 e. The van der Waals surface area contributed by atoms with Crippen molar-refractivity contribution in [3.05, 3.63) is 129 Å². The van der Waals surface area contributed by atoms with Crippen LogP contribution in [0.4, 0.5) is 34.1 Å². The summed E-state index contributed by atoms with van der Waals surface area (Å²) in [6.45, 7) is 5.94. The van der Waals surface area contributed by atoms with Crippen LogP contribution in [0.1, 0.15) is 70.3 Å². The summed E-state index contributed by atoms with van der Waals surface area (Å²) in [6.07, 6.45) is 0. The molecule has 4 unspecified atom stereocenters. The number of rotatable bonds is 18. The van der Waals surface area contributed by atoms with E-state index in [0.29, 0.717) is 11.4 Å². The van der Waals surface area contributed by atoms with E-state index in [1.165, 1.54) is 62.8 Å². The van der Waals surface area contributed by atoms with E-state index >= 15 is 0 Å². The lowest BCUT2D eigenvalue weighted by atomic mass is 10.1. The predicted molar refractivity (Wildman–Crippen MR) is 255 cm³/mol. The minimum atomic E-state index is -1.66. The SMILES string of the molecule is COc1cc(NC(=O)C(N=Nc2cc(Cl)cc(C(=O)Nc3ccc(C(C)Cl)cc3)c2)C(C)=O)c(OC)cc1NC(=O)C(N=Nc1cc(Cl)cc(C(=O)Nc2ccc(C(C)Cl)cc2)c1)C(C)=O. The number of benzene rings is 5. The maximum absolute atomic E-state index is 13.5. The van der Waals surface area contributed by atoms with Crippen molar-refractivity contribution < 1.29 is 38.2 Å². The molecule has 0 heterocycles. The van der Waals surface area contributed by atoms with Gasteiger partial charge in [-0.15, -0.1) is 23.2 Å². The first-order chi connectivity index (χ1) is 31.3. The van der Waals surface area contributed by atoms with Gasteiger partial charge in [0.15, 0.2) is 11.6 Å². The first kappa shape index (κ1) is 50.3. The van der Waals surface area contributed by atoms with Gasteiger partial charge in [-0.05, 0) is 99.5 Å². The average molecular weight is 977 g/mol.